The molecule has 3 nitrogen and oxygen atoms in total. The van der Waals surface area contributed by atoms with E-state index in [9.17, 15) is 0 Å². The van der Waals surface area contributed by atoms with Crippen LogP contribution in [0.2, 0.25) is 5.02 Å². The number of thiophene rings is 1. The lowest BCUT2D eigenvalue weighted by molar-refractivity contribution is 0.555. The highest BCUT2D eigenvalue weighted by Crippen LogP contribution is 2.31. The van der Waals surface area contributed by atoms with Gasteiger partial charge in [-0.1, -0.05) is 42.4 Å². The Kier molecular flexibility index (Phi) is 5.64. The van der Waals surface area contributed by atoms with Crippen LogP contribution in [0.3, 0.4) is 0 Å². The average Bonchev–Trinajstić information content (AvgIpc) is 3.20. The fraction of sp³-hybridized carbons (Fsp3) is 0.333. The van der Waals surface area contributed by atoms with Crippen LogP contribution < -0.4 is 0 Å². The zero-order chi connectivity index (χ0) is 17.1. The van der Waals surface area contributed by atoms with Crippen LogP contribution in [0.25, 0.3) is 11.4 Å². The summed E-state index contributed by atoms with van der Waals surface area (Å²) in [6, 6.07) is 10.5. The molecule has 0 aliphatic rings. The molecule has 0 atom stereocenters. The average molecular weight is 378 g/mol. The molecule has 0 spiro atoms. The van der Waals surface area contributed by atoms with Crippen molar-refractivity contribution in [3.05, 3.63) is 51.2 Å². The number of hydrogen-bond acceptors (Lipinski definition) is 4. The molecular weight excluding hydrogens is 358 g/mol. The summed E-state index contributed by atoms with van der Waals surface area (Å²) in [7, 11) is 0. The second kappa shape index (κ2) is 7.72. The lowest BCUT2D eigenvalue weighted by atomic mass is 10.2. The van der Waals surface area contributed by atoms with E-state index in [-0.39, 0.29) is 0 Å². The highest BCUT2D eigenvalue weighted by molar-refractivity contribution is 7.98. The molecule has 0 fully saturated rings. The third kappa shape index (κ3) is 3.85. The third-order valence-corrected chi connectivity index (χ3v) is 6.07. The Balaban J connectivity index is 1.84. The second-order valence-electron chi connectivity index (χ2n) is 5.84. The van der Waals surface area contributed by atoms with Gasteiger partial charge < -0.3 is 0 Å². The van der Waals surface area contributed by atoms with E-state index in [1.165, 1.54) is 10.4 Å². The van der Waals surface area contributed by atoms with Gasteiger partial charge in [-0.25, -0.2) is 0 Å². The van der Waals surface area contributed by atoms with Crippen LogP contribution in [0.4, 0.5) is 0 Å². The van der Waals surface area contributed by atoms with Gasteiger partial charge in [-0.3, -0.25) is 4.57 Å². The van der Waals surface area contributed by atoms with Gasteiger partial charge in [0.05, 0.1) is 0 Å². The van der Waals surface area contributed by atoms with Crippen LogP contribution in [0, 0.1) is 0 Å². The van der Waals surface area contributed by atoms with E-state index < -0.39 is 0 Å². The van der Waals surface area contributed by atoms with Gasteiger partial charge in [-0.15, -0.1) is 21.5 Å². The van der Waals surface area contributed by atoms with Crippen LogP contribution in [0.1, 0.15) is 37.3 Å². The number of thioether (sulfide) groups is 1. The van der Waals surface area contributed by atoms with Crippen molar-refractivity contribution in [2.45, 2.75) is 44.1 Å². The van der Waals surface area contributed by atoms with E-state index in [4.69, 9.17) is 11.6 Å². The van der Waals surface area contributed by atoms with E-state index in [1.807, 2.05) is 12.1 Å². The Morgan fingerprint density at radius 2 is 1.96 bits per heavy atom. The summed E-state index contributed by atoms with van der Waals surface area (Å²) in [5.74, 6) is 1.81. The van der Waals surface area contributed by atoms with Gasteiger partial charge in [0.2, 0.25) is 0 Å². The standard InChI is InChI=1S/C18H20ClN3S2/c1-4-16-9-14(11-23-16)17-20-21-18(22(17)12(2)3)24-10-13-5-7-15(19)8-6-13/h5-9,11-12H,4,10H2,1-3H3. The molecular formula is C18H20ClN3S2. The number of benzene rings is 1. The van der Waals surface area contributed by atoms with Gasteiger partial charge in [-0.05, 0) is 44.0 Å². The van der Waals surface area contributed by atoms with Crippen molar-refractivity contribution >= 4 is 34.7 Å². The molecule has 0 unspecified atom stereocenters. The largest absolute Gasteiger partial charge is 0.299 e. The summed E-state index contributed by atoms with van der Waals surface area (Å²) in [4.78, 5) is 1.37. The van der Waals surface area contributed by atoms with Crippen LogP contribution in [0.15, 0.2) is 40.9 Å². The fourth-order valence-electron chi connectivity index (χ4n) is 2.45. The monoisotopic (exact) mass is 377 g/mol. The number of aromatic nitrogens is 3. The highest BCUT2D eigenvalue weighted by atomic mass is 35.5. The van der Waals surface area contributed by atoms with Gasteiger partial charge in [0.25, 0.3) is 0 Å². The predicted molar refractivity (Wildman–Crippen MR) is 104 cm³/mol. The Bertz CT molecular complexity index is 806. The number of rotatable bonds is 6. The highest BCUT2D eigenvalue weighted by Gasteiger charge is 2.17. The molecule has 126 valence electrons. The maximum absolute atomic E-state index is 5.95. The molecule has 0 aliphatic heterocycles. The minimum absolute atomic E-state index is 0.313. The molecule has 0 aliphatic carbocycles. The number of aryl methyl sites for hydroxylation is 1. The lowest BCUT2D eigenvalue weighted by Gasteiger charge is -2.13. The van der Waals surface area contributed by atoms with E-state index >= 15 is 0 Å². The summed E-state index contributed by atoms with van der Waals surface area (Å²) >= 11 is 9.45. The first-order valence-electron chi connectivity index (χ1n) is 7.98. The molecule has 2 heterocycles. The first-order chi connectivity index (χ1) is 11.6. The maximum Gasteiger partial charge on any atom is 0.192 e. The molecule has 0 radical (unpaired) electrons. The summed E-state index contributed by atoms with van der Waals surface area (Å²) in [6.45, 7) is 6.52. The zero-order valence-corrected chi connectivity index (χ0v) is 16.4. The van der Waals surface area contributed by atoms with E-state index in [2.05, 4.69) is 59.1 Å². The first-order valence-corrected chi connectivity index (χ1v) is 10.2. The summed E-state index contributed by atoms with van der Waals surface area (Å²) < 4.78 is 2.22. The summed E-state index contributed by atoms with van der Waals surface area (Å²) in [5.41, 5.74) is 2.39. The molecule has 0 N–H and O–H groups in total. The fourth-order valence-corrected chi connectivity index (χ4v) is 4.41. The predicted octanol–water partition coefficient (Wildman–Crippen LogP) is 6.10. The van der Waals surface area contributed by atoms with E-state index in [1.54, 1.807) is 23.1 Å². The maximum atomic E-state index is 5.95. The normalized spacial score (nSPS) is 11.4. The SMILES string of the molecule is CCc1cc(-c2nnc(SCc3ccc(Cl)cc3)n2C(C)C)cs1. The van der Waals surface area contributed by atoms with Gasteiger partial charge in [-0.2, -0.15) is 0 Å². The van der Waals surface area contributed by atoms with Crippen molar-refractivity contribution in [3.63, 3.8) is 0 Å². The van der Waals surface area contributed by atoms with Gasteiger partial charge in [0.15, 0.2) is 11.0 Å². The number of nitrogens with zero attached hydrogens (tertiary/aromatic N) is 3. The van der Waals surface area contributed by atoms with Crippen molar-refractivity contribution in [2.75, 3.05) is 0 Å². The van der Waals surface area contributed by atoms with Crippen LogP contribution in [-0.4, -0.2) is 14.8 Å². The van der Waals surface area contributed by atoms with E-state index in [0.29, 0.717) is 6.04 Å². The third-order valence-electron chi connectivity index (χ3n) is 3.72. The molecule has 24 heavy (non-hydrogen) atoms. The Hall–Kier alpha value is -1.30. The van der Waals surface area contributed by atoms with E-state index in [0.717, 1.165) is 33.7 Å². The number of hydrogen-bond donors (Lipinski definition) is 0. The lowest BCUT2D eigenvalue weighted by Crippen LogP contribution is -2.04. The number of halogens is 1. The molecule has 3 aromatic rings. The van der Waals surface area contributed by atoms with Gasteiger partial charge in [0, 0.05) is 32.6 Å². The van der Waals surface area contributed by atoms with Crippen molar-refractivity contribution < 1.29 is 0 Å². The molecule has 0 saturated heterocycles. The molecule has 2 aromatic heterocycles. The Morgan fingerprint density at radius 3 is 2.58 bits per heavy atom. The van der Waals surface area contributed by atoms with Gasteiger partial charge >= 0.3 is 0 Å². The quantitative estimate of drug-likeness (QED) is 0.486. The van der Waals surface area contributed by atoms with Crippen LogP contribution >= 0.6 is 34.7 Å². The molecule has 0 amide bonds. The Labute approximate surface area is 156 Å². The van der Waals surface area contributed by atoms with Crippen molar-refractivity contribution in [1.29, 1.82) is 0 Å². The Morgan fingerprint density at radius 1 is 1.21 bits per heavy atom. The molecule has 6 heteroatoms. The van der Waals surface area contributed by atoms with Crippen molar-refractivity contribution in [3.8, 4) is 11.4 Å². The van der Waals surface area contributed by atoms with Gasteiger partial charge in [0.1, 0.15) is 0 Å². The smallest absolute Gasteiger partial charge is 0.192 e. The van der Waals surface area contributed by atoms with Crippen molar-refractivity contribution in [2.24, 2.45) is 0 Å². The van der Waals surface area contributed by atoms with Crippen LogP contribution in [-0.2, 0) is 12.2 Å². The molecule has 0 bridgehead atoms. The molecule has 1 aromatic carbocycles. The second-order valence-corrected chi connectivity index (χ2v) is 8.22. The first kappa shape index (κ1) is 17.5. The minimum atomic E-state index is 0.313. The zero-order valence-electron chi connectivity index (χ0n) is 14.0. The topological polar surface area (TPSA) is 30.7 Å². The molecule has 0 saturated carbocycles. The summed E-state index contributed by atoms with van der Waals surface area (Å²) in [5, 5.41) is 12.8. The molecule has 3 rings (SSSR count). The van der Waals surface area contributed by atoms with Crippen LogP contribution in [0.5, 0.6) is 0 Å². The summed E-state index contributed by atoms with van der Waals surface area (Å²) in [6.07, 6.45) is 1.05. The van der Waals surface area contributed by atoms with Crippen molar-refractivity contribution in [1.82, 2.24) is 14.8 Å². The minimum Gasteiger partial charge on any atom is -0.299 e.